The van der Waals surface area contributed by atoms with Gasteiger partial charge in [0.25, 0.3) is 0 Å². The maximum absolute atomic E-state index is 12.0. The van der Waals surface area contributed by atoms with E-state index >= 15 is 0 Å². The molecule has 0 bridgehead atoms. The Bertz CT molecular complexity index is 473. The Hall–Kier alpha value is -0.590. The fourth-order valence-electron chi connectivity index (χ4n) is 2.13. The second-order valence-electron chi connectivity index (χ2n) is 4.78. The average molecular weight is 274 g/mol. The number of anilines is 1. The number of hydrogen-bond acceptors (Lipinski definition) is 4. The highest BCUT2D eigenvalue weighted by Crippen LogP contribution is 2.26. The van der Waals surface area contributed by atoms with Gasteiger partial charge < -0.3 is 5.73 Å². The Kier molecular flexibility index (Phi) is 3.75. The summed E-state index contributed by atoms with van der Waals surface area (Å²) in [5.74, 6) is 0.716. The minimum atomic E-state index is -3.37. The quantitative estimate of drug-likeness (QED) is 0.887. The molecular formula is C11H18N2O2S2. The number of nitrogens with two attached hydrogens (primary N) is 1. The zero-order valence-corrected chi connectivity index (χ0v) is 11.5. The normalized spacial score (nSPS) is 25.9. The van der Waals surface area contributed by atoms with E-state index < -0.39 is 10.0 Å². The zero-order chi connectivity index (χ0) is 12.5. The van der Waals surface area contributed by atoms with Crippen molar-refractivity contribution in [2.75, 3.05) is 5.73 Å². The summed E-state index contributed by atoms with van der Waals surface area (Å²) in [6, 6.07) is 1.60. The van der Waals surface area contributed by atoms with Crippen LogP contribution in [-0.2, 0) is 10.0 Å². The molecule has 2 rings (SSSR count). The summed E-state index contributed by atoms with van der Waals surface area (Å²) in [5, 5.41) is 1.65. The molecule has 0 radical (unpaired) electrons. The van der Waals surface area contributed by atoms with Gasteiger partial charge in [0.2, 0.25) is 10.0 Å². The SMILES string of the molecule is CC1CCC(NS(=O)(=O)c2cc(N)cs2)CC1. The lowest BCUT2D eigenvalue weighted by atomic mass is 9.88. The van der Waals surface area contributed by atoms with Crippen LogP contribution in [0.2, 0.25) is 0 Å². The van der Waals surface area contributed by atoms with Gasteiger partial charge in [-0.05, 0) is 37.7 Å². The number of rotatable bonds is 3. The molecule has 0 amide bonds. The number of thiophene rings is 1. The lowest BCUT2D eigenvalue weighted by Crippen LogP contribution is -2.36. The highest BCUT2D eigenvalue weighted by Gasteiger charge is 2.24. The van der Waals surface area contributed by atoms with E-state index in [-0.39, 0.29) is 6.04 Å². The second-order valence-corrected chi connectivity index (χ2v) is 7.63. The van der Waals surface area contributed by atoms with Crippen molar-refractivity contribution in [3.05, 3.63) is 11.4 Å². The third-order valence-electron chi connectivity index (χ3n) is 3.20. The lowest BCUT2D eigenvalue weighted by Gasteiger charge is -2.26. The zero-order valence-electron chi connectivity index (χ0n) is 9.85. The molecule has 4 nitrogen and oxygen atoms in total. The Morgan fingerprint density at radius 1 is 1.35 bits per heavy atom. The number of hydrogen-bond donors (Lipinski definition) is 2. The van der Waals surface area contributed by atoms with Crippen LogP contribution >= 0.6 is 11.3 Å². The second kappa shape index (κ2) is 4.96. The molecule has 0 unspecified atom stereocenters. The summed E-state index contributed by atoms with van der Waals surface area (Å²) in [6.07, 6.45) is 4.06. The van der Waals surface area contributed by atoms with Gasteiger partial charge in [0.1, 0.15) is 4.21 Å². The maximum atomic E-state index is 12.0. The molecule has 0 aromatic carbocycles. The minimum Gasteiger partial charge on any atom is -0.398 e. The molecule has 1 aromatic heterocycles. The Labute approximate surface area is 106 Å². The summed E-state index contributed by atoms with van der Waals surface area (Å²) in [4.78, 5) is 0. The van der Waals surface area contributed by atoms with Crippen LogP contribution in [-0.4, -0.2) is 14.5 Å². The first-order valence-electron chi connectivity index (χ1n) is 5.84. The number of nitrogen functional groups attached to an aromatic ring is 1. The van der Waals surface area contributed by atoms with Crippen molar-refractivity contribution in [1.29, 1.82) is 0 Å². The third-order valence-corrected chi connectivity index (χ3v) is 6.18. The van der Waals surface area contributed by atoms with Gasteiger partial charge in [-0.25, -0.2) is 13.1 Å². The first-order valence-corrected chi connectivity index (χ1v) is 8.20. The van der Waals surface area contributed by atoms with E-state index in [1.165, 1.54) is 17.4 Å². The number of sulfonamides is 1. The Balaban J connectivity index is 2.03. The van der Waals surface area contributed by atoms with Crippen LogP contribution < -0.4 is 10.5 Å². The molecule has 0 spiro atoms. The van der Waals surface area contributed by atoms with E-state index in [9.17, 15) is 8.42 Å². The molecule has 0 atom stereocenters. The van der Waals surface area contributed by atoms with Crippen LogP contribution in [0.1, 0.15) is 32.6 Å². The monoisotopic (exact) mass is 274 g/mol. The van der Waals surface area contributed by atoms with Crippen molar-refractivity contribution in [3.8, 4) is 0 Å². The van der Waals surface area contributed by atoms with Crippen LogP contribution in [0.15, 0.2) is 15.7 Å². The van der Waals surface area contributed by atoms with Crippen LogP contribution in [0.25, 0.3) is 0 Å². The van der Waals surface area contributed by atoms with Gasteiger partial charge in [-0.3, -0.25) is 0 Å². The molecule has 1 fully saturated rings. The van der Waals surface area contributed by atoms with Crippen molar-refractivity contribution in [1.82, 2.24) is 4.72 Å². The Morgan fingerprint density at radius 2 is 2.00 bits per heavy atom. The largest absolute Gasteiger partial charge is 0.398 e. The topological polar surface area (TPSA) is 72.2 Å². The first-order chi connectivity index (χ1) is 7.97. The van der Waals surface area contributed by atoms with Gasteiger partial charge >= 0.3 is 0 Å². The van der Waals surface area contributed by atoms with Gasteiger partial charge in [-0.2, -0.15) is 0 Å². The van der Waals surface area contributed by atoms with Crippen LogP contribution in [0.4, 0.5) is 5.69 Å². The summed E-state index contributed by atoms with van der Waals surface area (Å²) in [5.41, 5.74) is 6.05. The summed E-state index contributed by atoms with van der Waals surface area (Å²) in [6.45, 7) is 2.21. The van der Waals surface area contributed by atoms with Crippen LogP contribution in [0.3, 0.4) is 0 Å². The van der Waals surface area contributed by atoms with Crippen molar-refractivity contribution in [2.45, 2.75) is 42.9 Å². The molecule has 96 valence electrons. The molecule has 6 heteroatoms. The summed E-state index contributed by atoms with van der Waals surface area (Å²) < 4.78 is 27.2. The molecule has 0 saturated heterocycles. The van der Waals surface area contributed by atoms with Gasteiger partial charge in [-0.15, -0.1) is 11.3 Å². The van der Waals surface area contributed by atoms with Crippen molar-refractivity contribution in [3.63, 3.8) is 0 Å². The lowest BCUT2D eigenvalue weighted by molar-refractivity contribution is 0.332. The molecule has 1 aliphatic rings. The average Bonchev–Trinajstić information content (AvgIpc) is 2.69. The molecule has 1 aliphatic carbocycles. The molecule has 1 heterocycles. The minimum absolute atomic E-state index is 0.0829. The van der Waals surface area contributed by atoms with Crippen molar-refractivity contribution in [2.24, 2.45) is 5.92 Å². The third kappa shape index (κ3) is 3.20. The smallest absolute Gasteiger partial charge is 0.250 e. The van der Waals surface area contributed by atoms with Gasteiger partial charge in [-0.1, -0.05) is 6.92 Å². The summed E-state index contributed by atoms with van der Waals surface area (Å²) in [7, 11) is -3.37. The first kappa shape index (κ1) is 12.9. The van der Waals surface area contributed by atoms with Crippen molar-refractivity contribution >= 4 is 27.0 Å². The number of nitrogens with one attached hydrogen (secondary N) is 1. The molecular weight excluding hydrogens is 256 g/mol. The molecule has 17 heavy (non-hydrogen) atoms. The Morgan fingerprint density at radius 3 is 2.53 bits per heavy atom. The van der Waals surface area contributed by atoms with E-state index in [1.807, 2.05) is 0 Å². The van der Waals surface area contributed by atoms with E-state index in [1.54, 1.807) is 5.38 Å². The van der Waals surface area contributed by atoms with Gasteiger partial charge in [0.15, 0.2) is 0 Å². The predicted molar refractivity (Wildman–Crippen MR) is 70.5 cm³/mol. The fourth-order valence-corrected chi connectivity index (χ4v) is 4.53. The molecule has 1 aromatic rings. The molecule has 0 aliphatic heterocycles. The van der Waals surface area contributed by atoms with Gasteiger partial charge in [0, 0.05) is 17.1 Å². The summed E-state index contributed by atoms with van der Waals surface area (Å²) >= 11 is 1.17. The van der Waals surface area contributed by atoms with E-state index in [0.29, 0.717) is 15.8 Å². The van der Waals surface area contributed by atoms with E-state index in [2.05, 4.69) is 11.6 Å². The van der Waals surface area contributed by atoms with Crippen LogP contribution in [0.5, 0.6) is 0 Å². The van der Waals surface area contributed by atoms with Crippen molar-refractivity contribution < 1.29 is 8.42 Å². The fraction of sp³-hybridized carbons (Fsp3) is 0.636. The molecule has 3 N–H and O–H groups in total. The maximum Gasteiger partial charge on any atom is 0.250 e. The van der Waals surface area contributed by atoms with E-state index in [4.69, 9.17) is 5.73 Å². The standard InChI is InChI=1S/C11H18N2O2S2/c1-8-2-4-10(5-3-8)13-17(14,15)11-6-9(12)7-16-11/h6-8,10,13H,2-5,12H2,1H3. The van der Waals surface area contributed by atoms with E-state index in [0.717, 1.165) is 25.7 Å². The highest BCUT2D eigenvalue weighted by atomic mass is 32.2. The van der Waals surface area contributed by atoms with Crippen LogP contribution in [0, 0.1) is 5.92 Å². The molecule has 1 saturated carbocycles. The predicted octanol–water partition coefficient (Wildman–Crippen LogP) is 2.19. The van der Waals surface area contributed by atoms with Gasteiger partial charge in [0.05, 0.1) is 0 Å². The highest BCUT2D eigenvalue weighted by molar-refractivity contribution is 7.91.